The molecule has 3 N–H and O–H groups in total. The molecule has 3 aliphatic rings. The van der Waals surface area contributed by atoms with Crippen molar-refractivity contribution >= 4 is 17.8 Å². The van der Waals surface area contributed by atoms with Crippen LogP contribution in [0.1, 0.15) is 64.2 Å². The zero-order valence-electron chi connectivity index (χ0n) is 14.1. The van der Waals surface area contributed by atoms with Gasteiger partial charge in [0.15, 0.2) is 0 Å². The number of aliphatic carboxylic acids is 1. The van der Waals surface area contributed by atoms with E-state index >= 15 is 0 Å². The van der Waals surface area contributed by atoms with E-state index in [0.29, 0.717) is 12.3 Å². The number of carbonyl (C=O) groups excluding carboxylic acids is 2. The average molecular weight is 336 g/mol. The molecule has 3 saturated carbocycles. The summed E-state index contributed by atoms with van der Waals surface area (Å²) >= 11 is 0. The van der Waals surface area contributed by atoms with Gasteiger partial charge in [0.1, 0.15) is 0 Å². The first-order valence-electron chi connectivity index (χ1n) is 9.37. The highest BCUT2D eigenvalue weighted by Gasteiger charge is 2.54. The molecule has 24 heavy (non-hydrogen) atoms. The molecule has 6 nitrogen and oxygen atoms in total. The summed E-state index contributed by atoms with van der Waals surface area (Å²) in [4.78, 5) is 35.8. The number of hydrogen-bond donors (Lipinski definition) is 3. The first kappa shape index (κ1) is 17.2. The predicted octanol–water partition coefficient (Wildman–Crippen LogP) is 2.24. The second-order valence-corrected chi connectivity index (χ2v) is 7.80. The number of nitrogens with one attached hydrogen (secondary N) is 2. The van der Waals surface area contributed by atoms with Crippen molar-refractivity contribution in [2.45, 2.75) is 64.2 Å². The van der Waals surface area contributed by atoms with Crippen molar-refractivity contribution in [3.8, 4) is 0 Å². The minimum absolute atomic E-state index is 0.116. The standard InChI is InChI=1S/C18H28N2O4/c21-14(9-6-11-4-2-1-3-5-11)19-20-17(22)15-12-7-8-13(10-12)16(15)18(23)24/h11-13,15-16H,1-10H2,(H,19,21)(H,20,22)(H,23,24)/t12-,13+,15-,16+/m0/s1. The van der Waals surface area contributed by atoms with Gasteiger partial charge in [0.05, 0.1) is 11.8 Å². The summed E-state index contributed by atoms with van der Waals surface area (Å²) in [6.07, 6.45) is 10.1. The van der Waals surface area contributed by atoms with E-state index in [-0.39, 0.29) is 23.7 Å². The molecular formula is C18H28N2O4. The molecular weight excluding hydrogens is 308 g/mol. The fraction of sp³-hybridized carbons (Fsp3) is 0.833. The van der Waals surface area contributed by atoms with Gasteiger partial charge in [0.2, 0.25) is 11.8 Å². The van der Waals surface area contributed by atoms with Gasteiger partial charge >= 0.3 is 5.97 Å². The number of carbonyl (C=O) groups is 3. The molecule has 0 spiro atoms. The lowest BCUT2D eigenvalue weighted by Gasteiger charge is -2.27. The smallest absolute Gasteiger partial charge is 0.307 e. The van der Waals surface area contributed by atoms with Crippen molar-refractivity contribution in [3.63, 3.8) is 0 Å². The zero-order chi connectivity index (χ0) is 17.1. The molecule has 134 valence electrons. The SMILES string of the molecule is O=C(CCC1CCCCC1)NNC(=O)[C@H]1[C@H]2CC[C@H](C2)[C@H]1C(=O)O. The highest BCUT2D eigenvalue weighted by Crippen LogP contribution is 2.52. The number of rotatable bonds is 5. The van der Waals surface area contributed by atoms with E-state index in [2.05, 4.69) is 10.9 Å². The molecule has 3 aliphatic carbocycles. The Morgan fingerprint density at radius 3 is 2.21 bits per heavy atom. The molecule has 0 aromatic carbocycles. The van der Waals surface area contributed by atoms with Crippen LogP contribution in [0.2, 0.25) is 0 Å². The molecule has 0 heterocycles. The Hall–Kier alpha value is -1.59. The Labute approximate surface area is 142 Å². The third-order valence-corrected chi connectivity index (χ3v) is 6.33. The lowest BCUT2D eigenvalue weighted by atomic mass is 9.79. The van der Waals surface area contributed by atoms with Gasteiger partial charge in [-0.15, -0.1) is 0 Å². The van der Waals surface area contributed by atoms with Gasteiger partial charge in [0, 0.05) is 6.42 Å². The second kappa shape index (κ2) is 7.53. The Morgan fingerprint density at radius 2 is 1.54 bits per heavy atom. The van der Waals surface area contributed by atoms with Crippen LogP contribution < -0.4 is 10.9 Å². The van der Waals surface area contributed by atoms with Crippen molar-refractivity contribution in [3.05, 3.63) is 0 Å². The lowest BCUT2D eigenvalue weighted by molar-refractivity contribution is -0.149. The average Bonchev–Trinajstić information content (AvgIpc) is 3.20. The van der Waals surface area contributed by atoms with Gasteiger partial charge in [-0.3, -0.25) is 25.2 Å². The summed E-state index contributed by atoms with van der Waals surface area (Å²) < 4.78 is 0. The lowest BCUT2D eigenvalue weighted by Crippen LogP contribution is -2.48. The molecule has 0 radical (unpaired) electrons. The third kappa shape index (κ3) is 3.73. The largest absolute Gasteiger partial charge is 0.481 e. The molecule has 0 aliphatic heterocycles. The minimum Gasteiger partial charge on any atom is -0.481 e. The first-order chi connectivity index (χ1) is 11.6. The maximum absolute atomic E-state index is 12.4. The molecule has 4 atom stereocenters. The Morgan fingerprint density at radius 1 is 0.875 bits per heavy atom. The number of carboxylic acids is 1. The van der Waals surface area contributed by atoms with E-state index in [1.54, 1.807) is 0 Å². The first-order valence-corrected chi connectivity index (χ1v) is 9.37. The minimum atomic E-state index is -0.883. The molecule has 0 saturated heterocycles. The second-order valence-electron chi connectivity index (χ2n) is 7.80. The van der Waals surface area contributed by atoms with Crippen molar-refractivity contribution < 1.29 is 19.5 Å². The van der Waals surface area contributed by atoms with Crippen molar-refractivity contribution in [2.75, 3.05) is 0 Å². The quantitative estimate of drug-likeness (QED) is 0.671. The van der Waals surface area contributed by atoms with E-state index in [4.69, 9.17) is 0 Å². The van der Waals surface area contributed by atoms with Crippen LogP contribution in [0.25, 0.3) is 0 Å². The fourth-order valence-corrected chi connectivity index (χ4v) is 5.11. The van der Waals surface area contributed by atoms with Gasteiger partial charge < -0.3 is 5.11 Å². The van der Waals surface area contributed by atoms with E-state index in [0.717, 1.165) is 25.7 Å². The van der Waals surface area contributed by atoms with E-state index in [1.807, 2.05) is 0 Å². The van der Waals surface area contributed by atoms with Crippen LogP contribution in [0, 0.1) is 29.6 Å². The molecule has 6 heteroatoms. The van der Waals surface area contributed by atoms with Crippen LogP contribution in [0.15, 0.2) is 0 Å². The molecule has 0 aromatic rings. The monoisotopic (exact) mass is 336 g/mol. The molecule has 3 rings (SSSR count). The molecule has 2 bridgehead atoms. The number of amides is 2. The highest BCUT2D eigenvalue weighted by atomic mass is 16.4. The third-order valence-electron chi connectivity index (χ3n) is 6.33. The molecule has 0 aromatic heterocycles. The van der Waals surface area contributed by atoms with Gasteiger partial charge in [-0.2, -0.15) is 0 Å². The Balaban J connectivity index is 1.43. The molecule has 0 unspecified atom stereocenters. The number of fused-ring (bicyclic) bond motifs is 2. The van der Waals surface area contributed by atoms with Crippen molar-refractivity contribution in [1.82, 2.24) is 10.9 Å². The number of hydrogen-bond acceptors (Lipinski definition) is 3. The van der Waals surface area contributed by atoms with Crippen LogP contribution in [-0.4, -0.2) is 22.9 Å². The predicted molar refractivity (Wildman–Crippen MR) is 87.5 cm³/mol. The number of hydrazine groups is 1. The van der Waals surface area contributed by atoms with Crippen LogP contribution in [0.5, 0.6) is 0 Å². The summed E-state index contributed by atoms with van der Waals surface area (Å²) in [7, 11) is 0. The summed E-state index contributed by atoms with van der Waals surface area (Å²) in [5, 5.41) is 9.39. The van der Waals surface area contributed by atoms with Crippen LogP contribution in [-0.2, 0) is 14.4 Å². The number of carboxylic acid groups (broad SMARTS) is 1. The topological polar surface area (TPSA) is 95.5 Å². The highest BCUT2D eigenvalue weighted by molar-refractivity contribution is 5.88. The normalized spacial score (nSPS) is 32.5. The molecule has 3 fully saturated rings. The fourth-order valence-electron chi connectivity index (χ4n) is 5.11. The van der Waals surface area contributed by atoms with Gasteiger partial charge in [0.25, 0.3) is 0 Å². The van der Waals surface area contributed by atoms with E-state index < -0.39 is 17.8 Å². The Bertz CT molecular complexity index is 501. The summed E-state index contributed by atoms with van der Waals surface area (Å²) in [6.45, 7) is 0. The van der Waals surface area contributed by atoms with Crippen molar-refractivity contribution in [1.29, 1.82) is 0 Å². The summed E-state index contributed by atoms with van der Waals surface area (Å²) in [6, 6.07) is 0. The van der Waals surface area contributed by atoms with Gasteiger partial charge in [-0.25, -0.2) is 0 Å². The van der Waals surface area contributed by atoms with E-state index in [1.165, 1.54) is 32.1 Å². The summed E-state index contributed by atoms with van der Waals surface area (Å²) in [5.74, 6) is -1.60. The Kier molecular flexibility index (Phi) is 5.41. The van der Waals surface area contributed by atoms with Crippen LogP contribution in [0.4, 0.5) is 0 Å². The van der Waals surface area contributed by atoms with E-state index in [9.17, 15) is 19.5 Å². The van der Waals surface area contributed by atoms with Gasteiger partial charge in [-0.05, 0) is 43.4 Å². The maximum atomic E-state index is 12.4. The molecule has 2 amide bonds. The van der Waals surface area contributed by atoms with Crippen LogP contribution >= 0.6 is 0 Å². The summed E-state index contributed by atoms with van der Waals surface area (Å²) in [5.41, 5.74) is 4.97. The van der Waals surface area contributed by atoms with Gasteiger partial charge in [-0.1, -0.05) is 32.1 Å². The van der Waals surface area contributed by atoms with Crippen LogP contribution in [0.3, 0.4) is 0 Å². The maximum Gasteiger partial charge on any atom is 0.307 e. The van der Waals surface area contributed by atoms with Crippen molar-refractivity contribution in [2.24, 2.45) is 29.6 Å². The zero-order valence-corrected chi connectivity index (χ0v) is 14.1.